The molecule has 3 aromatic heterocycles. The third kappa shape index (κ3) is 5.79. The number of hydrogen-bond donors (Lipinski definition) is 0. The lowest BCUT2D eigenvalue weighted by molar-refractivity contribution is -0.142. The standard InChI is InChI=1S/C27H34N6O4/c1-5-7-18-8-12-24(34)32(15-18)17-23-27(29-30-31(23)3)21-10-11-22(20(6-2)28-21)33-16-19(9-13-25(33)35)14-26(36)37-4/h8,10-12,15,19H,5-7,9,13-14,16-17H2,1-4H3/t19-/m0/s1. The molecule has 0 radical (unpaired) electrons. The van der Waals surface area contributed by atoms with Gasteiger partial charge >= 0.3 is 5.97 Å². The third-order valence-corrected chi connectivity index (χ3v) is 6.86. The summed E-state index contributed by atoms with van der Waals surface area (Å²) in [6.07, 6.45) is 5.73. The number of amides is 1. The molecule has 1 fully saturated rings. The summed E-state index contributed by atoms with van der Waals surface area (Å²) in [5.41, 5.74) is 4.54. The Kier molecular flexibility index (Phi) is 8.15. The molecule has 10 nitrogen and oxygen atoms in total. The van der Waals surface area contributed by atoms with E-state index in [9.17, 15) is 14.4 Å². The highest BCUT2D eigenvalue weighted by Crippen LogP contribution is 2.31. The number of aromatic nitrogens is 5. The molecule has 0 aliphatic carbocycles. The number of nitrogens with zero attached hydrogens (tertiary/aromatic N) is 6. The molecule has 1 amide bonds. The minimum Gasteiger partial charge on any atom is -0.469 e. The number of methoxy groups -OCH3 is 1. The lowest BCUT2D eigenvalue weighted by atomic mass is 9.93. The number of ether oxygens (including phenoxy) is 1. The predicted molar refractivity (Wildman–Crippen MR) is 139 cm³/mol. The molecule has 1 saturated heterocycles. The monoisotopic (exact) mass is 506 g/mol. The first-order valence-corrected chi connectivity index (χ1v) is 12.8. The summed E-state index contributed by atoms with van der Waals surface area (Å²) in [6.45, 7) is 4.87. The van der Waals surface area contributed by atoms with Crippen LogP contribution in [0.5, 0.6) is 0 Å². The molecule has 196 valence electrons. The van der Waals surface area contributed by atoms with Gasteiger partial charge in [0.05, 0.1) is 42.8 Å². The van der Waals surface area contributed by atoms with Crippen LogP contribution in [-0.2, 0) is 40.8 Å². The first-order chi connectivity index (χ1) is 17.8. The van der Waals surface area contributed by atoms with Crippen LogP contribution in [0.2, 0.25) is 0 Å². The van der Waals surface area contributed by atoms with Gasteiger partial charge in [0.2, 0.25) is 5.91 Å². The molecule has 0 N–H and O–H groups in total. The second kappa shape index (κ2) is 11.5. The minimum absolute atomic E-state index is 0.0249. The molecule has 4 heterocycles. The summed E-state index contributed by atoms with van der Waals surface area (Å²) in [6, 6.07) is 7.21. The Morgan fingerprint density at radius 2 is 1.97 bits per heavy atom. The number of hydrogen-bond acceptors (Lipinski definition) is 7. The summed E-state index contributed by atoms with van der Waals surface area (Å²) in [4.78, 5) is 43.8. The zero-order valence-electron chi connectivity index (χ0n) is 21.9. The van der Waals surface area contributed by atoms with Crippen LogP contribution in [0.4, 0.5) is 5.69 Å². The first-order valence-electron chi connectivity index (χ1n) is 12.8. The Morgan fingerprint density at radius 3 is 2.70 bits per heavy atom. The maximum Gasteiger partial charge on any atom is 0.305 e. The highest BCUT2D eigenvalue weighted by molar-refractivity contribution is 5.95. The number of aryl methyl sites for hydroxylation is 3. The van der Waals surface area contributed by atoms with Crippen LogP contribution < -0.4 is 10.5 Å². The van der Waals surface area contributed by atoms with Crippen molar-refractivity contribution in [2.75, 3.05) is 18.6 Å². The van der Waals surface area contributed by atoms with Gasteiger partial charge in [-0.05, 0) is 42.9 Å². The van der Waals surface area contributed by atoms with Crippen molar-refractivity contribution in [2.45, 2.75) is 58.9 Å². The summed E-state index contributed by atoms with van der Waals surface area (Å²) in [7, 11) is 3.18. The van der Waals surface area contributed by atoms with Gasteiger partial charge in [-0.3, -0.25) is 14.4 Å². The van der Waals surface area contributed by atoms with E-state index in [0.717, 1.165) is 35.5 Å². The minimum atomic E-state index is -0.266. The molecule has 1 atom stereocenters. The van der Waals surface area contributed by atoms with E-state index in [2.05, 4.69) is 17.2 Å². The zero-order valence-corrected chi connectivity index (χ0v) is 21.9. The largest absolute Gasteiger partial charge is 0.469 e. The van der Waals surface area contributed by atoms with Gasteiger partial charge in [0.1, 0.15) is 5.69 Å². The maximum atomic E-state index is 12.8. The van der Waals surface area contributed by atoms with Gasteiger partial charge in [-0.1, -0.05) is 31.5 Å². The van der Waals surface area contributed by atoms with Gasteiger partial charge in [0, 0.05) is 32.3 Å². The van der Waals surface area contributed by atoms with Crippen LogP contribution in [0, 0.1) is 5.92 Å². The van der Waals surface area contributed by atoms with Crippen molar-refractivity contribution in [1.29, 1.82) is 0 Å². The molecule has 3 aromatic rings. The zero-order chi connectivity index (χ0) is 26.5. The third-order valence-electron chi connectivity index (χ3n) is 6.86. The predicted octanol–water partition coefficient (Wildman–Crippen LogP) is 2.91. The van der Waals surface area contributed by atoms with Crippen LogP contribution in [0.1, 0.15) is 56.5 Å². The maximum absolute atomic E-state index is 12.8. The molecule has 4 rings (SSSR count). The summed E-state index contributed by atoms with van der Waals surface area (Å²) < 4.78 is 8.17. The SMILES string of the molecule is CCCc1ccc(=O)n(Cc2c(-c3ccc(N4C[C@H](CC(=O)OC)CCC4=O)c(CC)n3)nnn2C)c1. The van der Waals surface area contributed by atoms with Gasteiger partial charge in [-0.15, -0.1) is 5.10 Å². The molecule has 1 aliphatic heterocycles. The second-order valence-corrected chi connectivity index (χ2v) is 9.47. The Labute approximate surface area is 216 Å². The number of piperidine rings is 1. The lowest BCUT2D eigenvalue weighted by Gasteiger charge is -2.33. The number of carbonyl (C=O) groups excluding carboxylic acids is 2. The van der Waals surface area contributed by atoms with E-state index in [0.29, 0.717) is 43.7 Å². The van der Waals surface area contributed by atoms with Crippen molar-refractivity contribution in [1.82, 2.24) is 24.5 Å². The molecule has 0 spiro atoms. The second-order valence-electron chi connectivity index (χ2n) is 9.47. The van der Waals surface area contributed by atoms with Gasteiger partial charge in [-0.2, -0.15) is 0 Å². The fourth-order valence-corrected chi connectivity index (χ4v) is 4.82. The fourth-order valence-electron chi connectivity index (χ4n) is 4.82. The molecule has 0 aromatic carbocycles. The highest BCUT2D eigenvalue weighted by atomic mass is 16.5. The van der Waals surface area contributed by atoms with Crippen LogP contribution in [-0.4, -0.2) is 50.1 Å². The van der Waals surface area contributed by atoms with Gasteiger partial charge in [-0.25, -0.2) is 9.67 Å². The topological polar surface area (TPSA) is 112 Å². The number of rotatable bonds is 9. The first kappa shape index (κ1) is 26.2. The molecule has 0 saturated carbocycles. The van der Waals surface area contributed by atoms with E-state index in [1.54, 1.807) is 27.3 Å². The van der Waals surface area contributed by atoms with Crippen LogP contribution in [0.15, 0.2) is 35.3 Å². The Morgan fingerprint density at radius 1 is 1.16 bits per heavy atom. The van der Waals surface area contributed by atoms with E-state index < -0.39 is 0 Å². The molecular weight excluding hydrogens is 472 g/mol. The molecule has 0 unspecified atom stereocenters. The van der Waals surface area contributed by atoms with E-state index in [4.69, 9.17) is 9.72 Å². The van der Waals surface area contributed by atoms with Crippen LogP contribution in [0.3, 0.4) is 0 Å². The van der Waals surface area contributed by atoms with Gasteiger partial charge in [0.15, 0.2) is 0 Å². The quantitative estimate of drug-likeness (QED) is 0.410. The van der Waals surface area contributed by atoms with Crippen molar-refractivity contribution in [3.8, 4) is 11.4 Å². The molecular formula is C27H34N6O4. The summed E-state index contributed by atoms with van der Waals surface area (Å²) in [5, 5.41) is 8.57. The molecule has 0 bridgehead atoms. The van der Waals surface area contributed by atoms with Gasteiger partial charge < -0.3 is 14.2 Å². The highest BCUT2D eigenvalue weighted by Gasteiger charge is 2.30. The fraction of sp³-hybridized carbons (Fsp3) is 0.481. The van der Waals surface area contributed by atoms with Crippen LogP contribution >= 0.6 is 0 Å². The number of carbonyl (C=O) groups is 2. The smallest absolute Gasteiger partial charge is 0.305 e. The van der Waals surface area contributed by atoms with Crippen molar-refractivity contribution in [3.63, 3.8) is 0 Å². The van der Waals surface area contributed by atoms with Crippen LogP contribution in [0.25, 0.3) is 11.4 Å². The molecule has 37 heavy (non-hydrogen) atoms. The number of esters is 1. The Hall–Kier alpha value is -3.82. The summed E-state index contributed by atoms with van der Waals surface area (Å²) in [5.74, 6) is -0.196. The van der Waals surface area contributed by atoms with Crippen molar-refractivity contribution in [3.05, 3.63) is 57.8 Å². The average molecular weight is 507 g/mol. The van der Waals surface area contributed by atoms with Crippen molar-refractivity contribution < 1.29 is 14.3 Å². The number of pyridine rings is 2. The van der Waals surface area contributed by atoms with E-state index in [1.165, 1.54) is 7.11 Å². The Bertz CT molecular complexity index is 1340. The lowest BCUT2D eigenvalue weighted by Crippen LogP contribution is -2.41. The normalized spacial score (nSPS) is 15.7. The average Bonchev–Trinajstić information content (AvgIpc) is 3.26. The molecule has 1 aliphatic rings. The van der Waals surface area contributed by atoms with E-state index in [-0.39, 0.29) is 29.8 Å². The van der Waals surface area contributed by atoms with E-state index in [1.807, 2.05) is 31.3 Å². The van der Waals surface area contributed by atoms with Crippen molar-refractivity contribution in [2.24, 2.45) is 13.0 Å². The van der Waals surface area contributed by atoms with Gasteiger partial charge in [0.25, 0.3) is 5.56 Å². The van der Waals surface area contributed by atoms with Crippen molar-refractivity contribution >= 4 is 17.6 Å². The van der Waals surface area contributed by atoms with E-state index >= 15 is 0 Å². The Balaban J connectivity index is 1.64. The number of anilines is 1. The summed E-state index contributed by atoms with van der Waals surface area (Å²) >= 11 is 0. The molecule has 10 heteroatoms.